The van der Waals surface area contributed by atoms with Crippen molar-refractivity contribution in [1.82, 2.24) is 0 Å². The summed E-state index contributed by atoms with van der Waals surface area (Å²) in [6.07, 6.45) is -4.61. The predicted octanol–water partition coefficient (Wildman–Crippen LogP) is 3.93. The second-order valence-corrected chi connectivity index (χ2v) is 4.25. The molecule has 2 aromatic rings. The zero-order valence-corrected chi connectivity index (χ0v) is 10.7. The highest BCUT2D eigenvalue weighted by molar-refractivity contribution is 6.00. The number of carbonyl (C=O) groups is 1. The smallest absolute Gasteiger partial charge is 0.399 e. The number of nitrogen functional groups attached to an aromatic ring is 1. The molecule has 2 amide bonds. The molecule has 0 unspecified atom stereocenters. The Hall–Kier alpha value is -2.70. The van der Waals surface area contributed by atoms with E-state index in [2.05, 4.69) is 10.6 Å². The third-order valence-corrected chi connectivity index (χ3v) is 2.63. The summed E-state index contributed by atoms with van der Waals surface area (Å²) in [5, 5.41) is 4.60. The summed E-state index contributed by atoms with van der Waals surface area (Å²) < 4.78 is 38.6. The average Bonchev–Trinajstić information content (AvgIpc) is 2.40. The van der Waals surface area contributed by atoms with Crippen LogP contribution in [0.5, 0.6) is 0 Å². The molecular weight excluding hydrogens is 283 g/mol. The van der Waals surface area contributed by atoms with Crippen molar-refractivity contribution in [1.29, 1.82) is 0 Å². The van der Waals surface area contributed by atoms with Crippen LogP contribution in [-0.2, 0) is 6.18 Å². The molecule has 2 rings (SSSR count). The largest absolute Gasteiger partial charge is 0.418 e. The Morgan fingerprint density at radius 3 is 2.29 bits per heavy atom. The minimum absolute atomic E-state index is 0.0312. The molecule has 0 bridgehead atoms. The van der Waals surface area contributed by atoms with E-state index in [4.69, 9.17) is 5.73 Å². The van der Waals surface area contributed by atoms with Gasteiger partial charge >= 0.3 is 12.2 Å². The van der Waals surface area contributed by atoms with Crippen LogP contribution in [0.25, 0.3) is 0 Å². The minimum atomic E-state index is -4.61. The quantitative estimate of drug-likeness (QED) is 0.735. The SMILES string of the molecule is Nc1ccc(NC(=O)Nc2ccccc2)c(C(F)(F)F)c1. The van der Waals surface area contributed by atoms with Crippen LogP contribution in [-0.4, -0.2) is 6.03 Å². The Kier molecular flexibility index (Phi) is 4.02. The van der Waals surface area contributed by atoms with Crippen LogP contribution in [0, 0.1) is 0 Å². The van der Waals surface area contributed by atoms with Crippen molar-refractivity contribution in [3.63, 3.8) is 0 Å². The van der Waals surface area contributed by atoms with Gasteiger partial charge in [-0.15, -0.1) is 0 Å². The highest BCUT2D eigenvalue weighted by Gasteiger charge is 2.34. The lowest BCUT2D eigenvalue weighted by Crippen LogP contribution is -2.22. The third-order valence-electron chi connectivity index (χ3n) is 2.63. The van der Waals surface area contributed by atoms with E-state index in [9.17, 15) is 18.0 Å². The Balaban J connectivity index is 2.18. The number of amides is 2. The van der Waals surface area contributed by atoms with Crippen molar-refractivity contribution >= 4 is 23.1 Å². The number of nitrogens with one attached hydrogen (secondary N) is 2. The first-order valence-corrected chi connectivity index (χ1v) is 5.96. The number of benzene rings is 2. The molecule has 7 heteroatoms. The molecular formula is C14H12F3N3O. The van der Waals surface area contributed by atoms with Crippen LogP contribution in [0.1, 0.15) is 5.56 Å². The fraction of sp³-hybridized carbons (Fsp3) is 0.0714. The first-order valence-electron chi connectivity index (χ1n) is 5.96. The highest BCUT2D eigenvalue weighted by atomic mass is 19.4. The lowest BCUT2D eigenvalue weighted by atomic mass is 10.1. The van der Waals surface area contributed by atoms with Crippen LogP contribution in [0.4, 0.5) is 35.0 Å². The number of hydrogen-bond donors (Lipinski definition) is 3. The maximum Gasteiger partial charge on any atom is 0.418 e. The molecule has 0 aliphatic heterocycles. The Labute approximate surface area is 118 Å². The van der Waals surface area contributed by atoms with Gasteiger partial charge in [0, 0.05) is 11.4 Å². The van der Waals surface area contributed by atoms with Gasteiger partial charge in [-0.2, -0.15) is 13.2 Å². The summed E-state index contributed by atoms with van der Waals surface area (Å²) in [7, 11) is 0. The van der Waals surface area contributed by atoms with Crippen molar-refractivity contribution < 1.29 is 18.0 Å². The minimum Gasteiger partial charge on any atom is -0.399 e. The van der Waals surface area contributed by atoms with Gasteiger partial charge in [0.15, 0.2) is 0 Å². The van der Waals surface area contributed by atoms with E-state index in [0.717, 1.165) is 12.1 Å². The van der Waals surface area contributed by atoms with Gasteiger partial charge < -0.3 is 16.4 Å². The van der Waals surface area contributed by atoms with E-state index < -0.39 is 17.8 Å². The number of anilines is 3. The Bertz CT molecular complexity index is 642. The zero-order chi connectivity index (χ0) is 15.5. The number of urea groups is 1. The topological polar surface area (TPSA) is 67.1 Å². The highest BCUT2D eigenvalue weighted by Crippen LogP contribution is 2.36. The van der Waals surface area contributed by atoms with E-state index in [-0.39, 0.29) is 11.4 Å². The van der Waals surface area contributed by atoms with Crippen LogP contribution in [0.2, 0.25) is 0 Å². The second kappa shape index (κ2) is 5.74. The number of nitrogens with two attached hydrogens (primary N) is 1. The molecule has 21 heavy (non-hydrogen) atoms. The molecule has 2 aromatic carbocycles. The molecule has 0 aliphatic rings. The second-order valence-electron chi connectivity index (χ2n) is 4.25. The van der Waals surface area contributed by atoms with Crippen molar-refractivity contribution in [2.75, 3.05) is 16.4 Å². The van der Waals surface area contributed by atoms with Crippen molar-refractivity contribution in [3.8, 4) is 0 Å². The zero-order valence-electron chi connectivity index (χ0n) is 10.7. The fourth-order valence-corrected chi connectivity index (χ4v) is 1.71. The van der Waals surface area contributed by atoms with Crippen LogP contribution in [0.15, 0.2) is 48.5 Å². The van der Waals surface area contributed by atoms with E-state index in [1.54, 1.807) is 30.3 Å². The number of halogens is 3. The first-order chi connectivity index (χ1) is 9.86. The van der Waals surface area contributed by atoms with Crippen LogP contribution < -0.4 is 16.4 Å². The van der Waals surface area contributed by atoms with Crippen molar-refractivity contribution in [2.45, 2.75) is 6.18 Å². The van der Waals surface area contributed by atoms with Crippen molar-refractivity contribution in [2.24, 2.45) is 0 Å². The molecule has 110 valence electrons. The normalized spacial score (nSPS) is 11.0. The average molecular weight is 295 g/mol. The molecule has 0 radical (unpaired) electrons. The number of alkyl halides is 3. The molecule has 0 atom stereocenters. The summed E-state index contributed by atoms with van der Waals surface area (Å²) >= 11 is 0. The van der Waals surface area contributed by atoms with Gasteiger partial charge in [-0.1, -0.05) is 18.2 Å². The van der Waals surface area contributed by atoms with E-state index >= 15 is 0 Å². The van der Waals surface area contributed by atoms with Gasteiger partial charge in [0.1, 0.15) is 0 Å². The van der Waals surface area contributed by atoms with E-state index in [0.29, 0.717) is 5.69 Å². The standard InChI is InChI=1S/C14H12F3N3O/c15-14(16,17)11-8-9(18)6-7-12(11)20-13(21)19-10-4-2-1-3-5-10/h1-8H,18H2,(H2,19,20,21). The Morgan fingerprint density at radius 2 is 1.67 bits per heavy atom. The lowest BCUT2D eigenvalue weighted by Gasteiger charge is -2.15. The lowest BCUT2D eigenvalue weighted by molar-refractivity contribution is -0.136. The van der Waals surface area contributed by atoms with Gasteiger partial charge in [0.25, 0.3) is 0 Å². The fourth-order valence-electron chi connectivity index (χ4n) is 1.71. The van der Waals surface area contributed by atoms with Crippen LogP contribution >= 0.6 is 0 Å². The first kappa shape index (κ1) is 14.7. The number of rotatable bonds is 2. The molecule has 0 aliphatic carbocycles. The molecule has 0 fully saturated rings. The van der Waals surface area contributed by atoms with Crippen LogP contribution in [0.3, 0.4) is 0 Å². The van der Waals surface area contributed by atoms with Gasteiger partial charge in [0.05, 0.1) is 11.3 Å². The molecule has 0 heterocycles. The maximum atomic E-state index is 12.9. The number of para-hydroxylation sites is 1. The maximum absolute atomic E-state index is 12.9. The van der Waals surface area contributed by atoms with E-state index in [1.807, 2.05) is 0 Å². The molecule has 0 aromatic heterocycles. The Morgan fingerprint density at radius 1 is 1.00 bits per heavy atom. The third kappa shape index (κ3) is 3.88. The summed E-state index contributed by atoms with van der Waals surface area (Å²) in [6, 6.07) is 10.8. The number of carbonyl (C=O) groups excluding carboxylic acids is 1. The summed E-state index contributed by atoms with van der Waals surface area (Å²) in [4.78, 5) is 11.7. The summed E-state index contributed by atoms with van der Waals surface area (Å²) in [5.41, 5.74) is 4.44. The molecule has 4 N–H and O–H groups in total. The van der Waals surface area contributed by atoms with E-state index in [1.165, 1.54) is 6.07 Å². The molecule has 0 spiro atoms. The molecule has 4 nitrogen and oxygen atoms in total. The van der Waals surface area contributed by atoms with Gasteiger partial charge in [0.2, 0.25) is 0 Å². The van der Waals surface area contributed by atoms with Gasteiger partial charge in [-0.25, -0.2) is 4.79 Å². The molecule has 0 saturated heterocycles. The summed E-state index contributed by atoms with van der Waals surface area (Å²) in [6.45, 7) is 0. The number of hydrogen-bond acceptors (Lipinski definition) is 2. The summed E-state index contributed by atoms with van der Waals surface area (Å²) in [5.74, 6) is 0. The monoisotopic (exact) mass is 295 g/mol. The van der Waals surface area contributed by atoms with Gasteiger partial charge in [-0.05, 0) is 30.3 Å². The van der Waals surface area contributed by atoms with Crippen molar-refractivity contribution in [3.05, 3.63) is 54.1 Å². The predicted molar refractivity (Wildman–Crippen MR) is 74.9 cm³/mol. The molecule has 0 saturated carbocycles. The van der Waals surface area contributed by atoms with Gasteiger partial charge in [-0.3, -0.25) is 0 Å².